The molecule has 2 aromatic rings. The Hall–Kier alpha value is -1.77. The number of hydrogen-bond donors (Lipinski definition) is 1. The molecule has 16 heavy (non-hydrogen) atoms. The summed E-state index contributed by atoms with van der Waals surface area (Å²) in [5, 5.41) is 9.85. The predicted molar refractivity (Wildman–Crippen MR) is 61.6 cm³/mol. The third-order valence-corrected chi connectivity index (χ3v) is 2.85. The molecule has 1 atom stereocenters. The predicted octanol–water partition coefficient (Wildman–Crippen LogP) is 3.32. The van der Waals surface area contributed by atoms with Gasteiger partial charge in [-0.2, -0.15) is 0 Å². The van der Waals surface area contributed by atoms with E-state index in [0.717, 1.165) is 22.1 Å². The van der Waals surface area contributed by atoms with Crippen LogP contribution in [-0.4, -0.2) is 11.1 Å². The lowest BCUT2D eigenvalue weighted by atomic mass is 9.95. The van der Waals surface area contributed by atoms with Crippen molar-refractivity contribution in [2.45, 2.75) is 26.2 Å². The second-order valence-electron chi connectivity index (χ2n) is 4.14. The van der Waals surface area contributed by atoms with Crippen LogP contribution in [0.5, 0.6) is 0 Å². The summed E-state index contributed by atoms with van der Waals surface area (Å²) in [5.41, 5.74) is 2.93. The summed E-state index contributed by atoms with van der Waals surface area (Å²) in [7, 11) is 0. The van der Waals surface area contributed by atoms with Crippen molar-refractivity contribution in [1.82, 2.24) is 0 Å². The maximum atomic E-state index is 10.7. The summed E-state index contributed by atoms with van der Waals surface area (Å²) in [5.74, 6) is -0.810. The van der Waals surface area contributed by atoms with Gasteiger partial charge in [0, 0.05) is 10.9 Å². The Labute approximate surface area is 93.7 Å². The molecule has 1 aromatic heterocycles. The number of carbonyl (C=O) groups is 1. The van der Waals surface area contributed by atoms with Crippen LogP contribution in [0.2, 0.25) is 0 Å². The number of furan rings is 1. The molecule has 0 saturated carbocycles. The van der Waals surface area contributed by atoms with Gasteiger partial charge in [0.25, 0.3) is 0 Å². The Bertz CT molecular complexity index is 525. The van der Waals surface area contributed by atoms with E-state index >= 15 is 0 Å². The highest BCUT2D eigenvalue weighted by Gasteiger charge is 2.16. The van der Waals surface area contributed by atoms with E-state index < -0.39 is 5.97 Å². The Balaban J connectivity index is 2.48. The average molecular weight is 218 g/mol. The minimum Gasteiger partial charge on any atom is -0.481 e. The maximum absolute atomic E-state index is 10.7. The lowest BCUT2D eigenvalue weighted by Crippen LogP contribution is -2.02. The van der Waals surface area contributed by atoms with Crippen molar-refractivity contribution in [3.05, 3.63) is 35.6 Å². The van der Waals surface area contributed by atoms with E-state index in [-0.39, 0.29) is 12.3 Å². The van der Waals surface area contributed by atoms with Crippen LogP contribution in [-0.2, 0) is 4.79 Å². The molecule has 2 rings (SSSR count). The third kappa shape index (κ3) is 1.81. The van der Waals surface area contributed by atoms with Gasteiger partial charge in [0.05, 0.1) is 12.7 Å². The van der Waals surface area contributed by atoms with Crippen LogP contribution in [0.15, 0.2) is 28.9 Å². The largest absolute Gasteiger partial charge is 0.481 e. The van der Waals surface area contributed by atoms with E-state index in [1.165, 1.54) is 0 Å². The van der Waals surface area contributed by atoms with Crippen molar-refractivity contribution < 1.29 is 14.3 Å². The number of fused-ring (bicyclic) bond motifs is 1. The standard InChI is InChI=1S/C13H14O3/c1-8-4-3-5-11-13(8)10(7-16-11)9(2)6-12(14)15/h3-5,7,9H,6H2,1-2H3,(H,14,15). The van der Waals surface area contributed by atoms with Crippen LogP contribution in [0, 0.1) is 6.92 Å². The first-order valence-corrected chi connectivity index (χ1v) is 5.28. The molecule has 0 aliphatic rings. The fraction of sp³-hybridized carbons (Fsp3) is 0.308. The van der Waals surface area contributed by atoms with Gasteiger partial charge in [-0.15, -0.1) is 0 Å². The van der Waals surface area contributed by atoms with Gasteiger partial charge in [-0.1, -0.05) is 19.1 Å². The third-order valence-electron chi connectivity index (χ3n) is 2.85. The Morgan fingerprint density at radius 2 is 2.25 bits per heavy atom. The van der Waals surface area contributed by atoms with Crippen molar-refractivity contribution in [2.24, 2.45) is 0 Å². The molecule has 0 bridgehead atoms. The molecule has 3 heteroatoms. The minimum atomic E-state index is -0.782. The van der Waals surface area contributed by atoms with Crippen LogP contribution >= 0.6 is 0 Å². The highest BCUT2D eigenvalue weighted by atomic mass is 16.4. The van der Waals surface area contributed by atoms with Gasteiger partial charge in [-0.05, 0) is 24.5 Å². The highest BCUT2D eigenvalue weighted by Crippen LogP contribution is 2.31. The van der Waals surface area contributed by atoms with Crippen molar-refractivity contribution in [3.63, 3.8) is 0 Å². The average Bonchev–Trinajstić information content (AvgIpc) is 2.61. The van der Waals surface area contributed by atoms with E-state index in [1.807, 2.05) is 32.0 Å². The smallest absolute Gasteiger partial charge is 0.303 e. The zero-order chi connectivity index (χ0) is 11.7. The van der Waals surface area contributed by atoms with Crippen LogP contribution in [0.25, 0.3) is 11.0 Å². The van der Waals surface area contributed by atoms with Gasteiger partial charge in [-0.3, -0.25) is 4.79 Å². The number of aryl methyl sites for hydroxylation is 1. The molecular formula is C13H14O3. The zero-order valence-corrected chi connectivity index (χ0v) is 9.36. The SMILES string of the molecule is Cc1cccc2occ(C(C)CC(=O)O)c12. The molecule has 1 aromatic carbocycles. The van der Waals surface area contributed by atoms with Crippen molar-refractivity contribution in [3.8, 4) is 0 Å². The van der Waals surface area contributed by atoms with Gasteiger partial charge in [0.1, 0.15) is 5.58 Å². The maximum Gasteiger partial charge on any atom is 0.303 e. The molecule has 84 valence electrons. The van der Waals surface area contributed by atoms with Gasteiger partial charge in [-0.25, -0.2) is 0 Å². The summed E-state index contributed by atoms with van der Waals surface area (Å²) in [6, 6.07) is 5.85. The molecule has 1 unspecified atom stereocenters. The number of rotatable bonds is 3. The van der Waals surface area contributed by atoms with Crippen LogP contribution in [0.3, 0.4) is 0 Å². The Morgan fingerprint density at radius 3 is 2.94 bits per heavy atom. The van der Waals surface area contributed by atoms with Crippen molar-refractivity contribution in [1.29, 1.82) is 0 Å². The zero-order valence-electron chi connectivity index (χ0n) is 9.36. The second kappa shape index (κ2) is 4.00. The van der Waals surface area contributed by atoms with E-state index in [9.17, 15) is 4.79 Å². The van der Waals surface area contributed by atoms with Gasteiger partial charge < -0.3 is 9.52 Å². The molecular weight excluding hydrogens is 204 g/mol. The van der Waals surface area contributed by atoms with Gasteiger partial charge in [0.2, 0.25) is 0 Å². The van der Waals surface area contributed by atoms with Crippen molar-refractivity contribution >= 4 is 16.9 Å². The molecule has 1 N–H and O–H groups in total. The molecule has 3 nitrogen and oxygen atoms in total. The number of carboxylic acid groups (broad SMARTS) is 1. The molecule has 0 saturated heterocycles. The van der Waals surface area contributed by atoms with Gasteiger partial charge >= 0.3 is 5.97 Å². The van der Waals surface area contributed by atoms with Gasteiger partial charge in [0.15, 0.2) is 0 Å². The molecule has 0 aliphatic heterocycles. The first-order chi connectivity index (χ1) is 7.59. The van der Waals surface area contributed by atoms with Crippen molar-refractivity contribution in [2.75, 3.05) is 0 Å². The number of aliphatic carboxylic acids is 1. The fourth-order valence-corrected chi connectivity index (χ4v) is 2.03. The normalized spacial score (nSPS) is 12.9. The number of hydrogen-bond acceptors (Lipinski definition) is 2. The Kier molecular flexibility index (Phi) is 2.69. The second-order valence-corrected chi connectivity index (χ2v) is 4.14. The van der Waals surface area contributed by atoms with E-state index in [4.69, 9.17) is 9.52 Å². The summed E-state index contributed by atoms with van der Waals surface area (Å²) in [6.45, 7) is 3.92. The first-order valence-electron chi connectivity index (χ1n) is 5.28. The minimum absolute atomic E-state index is 0.0279. The van der Waals surface area contributed by atoms with E-state index in [1.54, 1.807) is 6.26 Å². The molecule has 0 fully saturated rings. The summed E-state index contributed by atoms with van der Waals surface area (Å²) in [6.07, 6.45) is 1.80. The molecule has 0 radical (unpaired) electrons. The van der Waals surface area contributed by atoms with Crippen LogP contribution in [0.4, 0.5) is 0 Å². The van der Waals surface area contributed by atoms with E-state index in [2.05, 4.69) is 0 Å². The fourth-order valence-electron chi connectivity index (χ4n) is 2.03. The Morgan fingerprint density at radius 1 is 1.50 bits per heavy atom. The topological polar surface area (TPSA) is 50.4 Å². The quantitative estimate of drug-likeness (QED) is 0.859. The monoisotopic (exact) mass is 218 g/mol. The molecule has 0 amide bonds. The first kappa shape index (κ1) is 10.7. The van der Waals surface area contributed by atoms with E-state index in [0.29, 0.717) is 0 Å². The van der Waals surface area contributed by atoms with Crippen LogP contribution < -0.4 is 0 Å². The molecule has 0 spiro atoms. The summed E-state index contributed by atoms with van der Waals surface area (Å²) >= 11 is 0. The number of benzene rings is 1. The highest BCUT2D eigenvalue weighted by molar-refractivity contribution is 5.85. The number of carboxylic acids is 1. The lowest BCUT2D eigenvalue weighted by molar-refractivity contribution is -0.137. The molecule has 1 heterocycles. The summed E-state index contributed by atoms with van der Waals surface area (Å²) in [4.78, 5) is 10.7. The molecule has 0 aliphatic carbocycles. The van der Waals surface area contributed by atoms with Crippen LogP contribution in [0.1, 0.15) is 30.4 Å². The lowest BCUT2D eigenvalue weighted by Gasteiger charge is -2.07. The summed E-state index contributed by atoms with van der Waals surface area (Å²) < 4.78 is 5.44.